The van der Waals surface area contributed by atoms with Crippen molar-refractivity contribution in [2.75, 3.05) is 26.2 Å². The van der Waals surface area contributed by atoms with Crippen LogP contribution >= 0.6 is 18.9 Å². The maximum absolute atomic E-state index is 14.9. The smallest absolute Gasteiger partial charge is 0.376 e. The Kier molecular flexibility index (Phi) is 15.3. The lowest BCUT2D eigenvalue weighted by atomic mass is 9.85. The lowest BCUT2D eigenvalue weighted by molar-refractivity contribution is -0.146. The number of thiophene rings is 1. The molecule has 4 aliphatic rings. The van der Waals surface area contributed by atoms with Gasteiger partial charge in [0.25, 0.3) is 11.8 Å². The van der Waals surface area contributed by atoms with E-state index in [0.29, 0.717) is 42.8 Å². The Morgan fingerprint density at radius 1 is 0.972 bits per heavy atom. The van der Waals surface area contributed by atoms with Gasteiger partial charge in [-0.2, -0.15) is 8.78 Å². The zero-order chi connectivity index (χ0) is 50.8. The largest absolute Gasteiger partial charge is 0.399 e. The van der Waals surface area contributed by atoms with E-state index in [4.69, 9.17) is 4.74 Å². The number of alkyl halides is 2. The van der Waals surface area contributed by atoms with Crippen molar-refractivity contribution in [3.63, 3.8) is 0 Å². The highest BCUT2D eigenvalue weighted by Gasteiger charge is 2.51. The summed E-state index contributed by atoms with van der Waals surface area (Å²) in [5.74, 6) is 4.19. The molecule has 71 heavy (non-hydrogen) atoms. The van der Waals surface area contributed by atoms with Crippen LogP contribution in [-0.2, 0) is 40.7 Å². The summed E-state index contributed by atoms with van der Waals surface area (Å²) >= 11 is 0.981. The van der Waals surface area contributed by atoms with Crippen molar-refractivity contribution in [2.24, 2.45) is 5.41 Å². The molecule has 5 heterocycles. The molecule has 1 aromatic heterocycles. The van der Waals surface area contributed by atoms with E-state index in [0.717, 1.165) is 65.8 Å². The summed E-state index contributed by atoms with van der Waals surface area (Å²) in [6, 6.07) is 17.2. The molecule has 5 atom stereocenters. The predicted molar refractivity (Wildman–Crippen MR) is 261 cm³/mol. The number of carbonyl (C=O) groups is 6. The molecule has 4 aliphatic heterocycles. The van der Waals surface area contributed by atoms with Crippen molar-refractivity contribution >= 4 is 64.5 Å². The fourth-order valence-electron chi connectivity index (χ4n) is 9.91. The topological polar surface area (TPSA) is 203 Å². The van der Waals surface area contributed by atoms with E-state index < -0.39 is 66.2 Å². The van der Waals surface area contributed by atoms with Crippen LogP contribution in [0.3, 0.4) is 0 Å². The summed E-state index contributed by atoms with van der Waals surface area (Å²) < 4.78 is 47.5. The number of imide groups is 1. The van der Waals surface area contributed by atoms with E-state index in [1.165, 1.54) is 21.9 Å². The molecule has 3 aromatic carbocycles. The number of halogens is 2. The van der Waals surface area contributed by atoms with Gasteiger partial charge in [0.05, 0.1) is 11.0 Å². The number of amides is 6. The van der Waals surface area contributed by atoms with Crippen molar-refractivity contribution in [1.29, 1.82) is 0 Å². The quantitative estimate of drug-likeness (QED) is 0.0439. The van der Waals surface area contributed by atoms with Crippen LogP contribution in [0.5, 0.6) is 0 Å². The number of unbranched alkanes of at least 4 members (excludes halogenated alkanes) is 3. The van der Waals surface area contributed by atoms with Gasteiger partial charge < -0.3 is 34.5 Å². The molecule has 376 valence electrons. The van der Waals surface area contributed by atoms with Crippen LogP contribution < -0.4 is 10.6 Å². The molecule has 19 heteroatoms. The Morgan fingerprint density at radius 3 is 2.48 bits per heavy atom. The zero-order valence-electron chi connectivity index (χ0n) is 39.8. The van der Waals surface area contributed by atoms with Crippen LogP contribution in [0.1, 0.15) is 127 Å². The number of piperidine rings is 2. The fourth-order valence-corrected chi connectivity index (χ4v) is 11.3. The molecule has 6 amide bonds. The highest BCUT2D eigenvalue weighted by atomic mass is 32.1. The average molecular weight is 1010 g/mol. The molecule has 15 nitrogen and oxygen atoms in total. The van der Waals surface area contributed by atoms with Gasteiger partial charge in [-0.1, -0.05) is 81.5 Å². The highest BCUT2D eigenvalue weighted by molar-refractivity contribution is 7.52. The molecular formula is C52H58F2N5O10PS. The van der Waals surface area contributed by atoms with Crippen molar-refractivity contribution < 1.29 is 56.6 Å². The minimum absolute atomic E-state index is 0.0960. The Hall–Kier alpha value is -5.83. The van der Waals surface area contributed by atoms with Crippen molar-refractivity contribution in [3.8, 4) is 11.8 Å². The van der Waals surface area contributed by atoms with Crippen LogP contribution in [0.25, 0.3) is 10.1 Å². The van der Waals surface area contributed by atoms with Gasteiger partial charge in [0.2, 0.25) is 23.6 Å². The molecule has 0 bridgehead atoms. The van der Waals surface area contributed by atoms with Gasteiger partial charge in [0, 0.05) is 79.4 Å². The fraction of sp³-hybridized carbons (Fsp3) is 0.462. The van der Waals surface area contributed by atoms with Crippen LogP contribution in [-0.4, -0.2) is 110 Å². The van der Waals surface area contributed by atoms with E-state index in [-0.39, 0.29) is 66.3 Å². The van der Waals surface area contributed by atoms with Crippen molar-refractivity contribution in [3.05, 3.63) is 105 Å². The monoisotopic (exact) mass is 1010 g/mol. The van der Waals surface area contributed by atoms with Crippen LogP contribution in [0, 0.1) is 17.3 Å². The molecule has 3 saturated heterocycles. The van der Waals surface area contributed by atoms with E-state index in [1.54, 1.807) is 32.9 Å². The van der Waals surface area contributed by atoms with Crippen molar-refractivity contribution in [1.82, 2.24) is 25.3 Å². The zero-order valence-corrected chi connectivity index (χ0v) is 41.5. The van der Waals surface area contributed by atoms with Gasteiger partial charge in [-0.15, -0.1) is 11.3 Å². The Labute approximate surface area is 414 Å². The second-order valence-corrected chi connectivity index (χ2v) is 22.6. The molecule has 2 unspecified atom stereocenters. The maximum Gasteiger partial charge on any atom is 0.399 e. The average Bonchev–Trinajstić information content (AvgIpc) is 4.06. The van der Waals surface area contributed by atoms with Gasteiger partial charge in [-0.25, -0.2) is 0 Å². The number of nitrogens with one attached hydrogen (secondary N) is 2. The van der Waals surface area contributed by atoms with Crippen LogP contribution in [0.4, 0.5) is 8.78 Å². The first-order valence-electron chi connectivity index (χ1n) is 24.0. The SMILES string of the molecule is CC(C)(C)[C@H](NC(=O)c1cc2cc(C(F)(F)P(=O)(O)O)ccc2s1)C(=O)N1C[C@@H](OCCCCCC#Cc2cccc3c2CN(C2CCC(=O)NC2=O)C3=O)C[C@H]1C(=O)N1CCCC(c2ccccc2)C1. The molecule has 4 N–H and O–H groups in total. The summed E-state index contributed by atoms with van der Waals surface area (Å²) in [5, 5.41) is 5.37. The number of nitrogens with zero attached hydrogens (tertiary/aromatic N) is 3. The number of carbonyl (C=O) groups excluding carboxylic acids is 6. The van der Waals surface area contributed by atoms with Crippen molar-refractivity contribution in [2.45, 2.75) is 121 Å². The summed E-state index contributed by atoms with van der Waals surface area (Å²) in [6.07, 6.45) is 4.80. The van der Waals surface area contributed by atoms with Gasteiger partial charge in [-0.05, 0) is 84.4 Å². The number of hydrogen-bond acceptors (Lipinski definition) is 9. The molecule has 8 rings (SSSR count). The first-order valence-corrected chi connectivity index (χ1v) is 26.4. The lowest BCUT2D eigenvalue weighted by Gasteiger charge is -2.38. The standard InChI is InChI=1S/C52H58F2N5O10PS/c1-51(2,3)45(56-47(62)43-27-35-26-36(20-22-42(35)71-43)52(53,54)70(66,67)68)50(65)58-30-37(28-41(58)49(64)57-24-13-18-34(29-57)32-14-9-7-10-15-32)69-25-11-6-4-5-8-16-33-17-12-19-38-39(33)31-59(48(38)63)40-21-23-44(60)55-46(40)61/h7,9-10,12,14-15,17,19-20,22,26-27,34,37,40-41,45H,4-6,11,13,18,21,23-25,28-31H2,1-3H3,(H,56,62)(H,55,60,61)(H2,66,67,68)/t34?,37-,40?,41-,45+/m0/s1. The molecule has 3 fully saturated rings. The second kappa shape index (κ2) is 21.1. The maximum atomic E-state index is 14.9. The predicted octanol–water partition coefficient (Wildman–Crippen LogP) is 7.04. The molecular weight excluding hydrogens is 956 g/mol. The Balaban J connectivity index is 0.912. The third kappa shape index (κ3) is 11.3. The van der Waals surface area contributed by atoms with E-state index in [2.05, 4.69) is 34.6 Å². The highest BCUT2D eigenvalue weighted by Crippen LogP contribution is 2.59. The summed E-state index contributed by atoms with van der Waals surface area (Å²) in [6.45, 7) is 7.14. The number of benzene rings is 3. The van der Waals surface area contributed by atoms with E-state index in [9.17, 15) is 51.9 Å². The Bertz CT molecular complexity index is 2840. The number of hydrogen-bond donors (Lipinski definition) is 4. The number of fused-ring (bicyclic) bond motifs is 2. The minimum Gasteiger partial charge on any atom is -0.376 e. The summed E-state index contributed by atoms with van der Waals surface area (Å²) in [5.41, 5.74) is -3.05. The normalized spacial score (nSPS) is 21.2. The summed E-state index contributed by atoms with van der Waals surface area (Å²) in [7, 11) is -5.83. The number of likely N-dealkylation sites (tertiary alicyclic amines) is 2. The van der Waals surface area contributed by atoms with Crippen LogP contribution in [0.15, 0.2) is 72.8 Å². The Morgan fingerprint density at radius 2 is 1.75 bits per heavy atom. The number of ether oxygens (including phenoxy) is 1. The van der Waals surface area contributed by atoms with Gasteiger partial charge in [0.1, 0.15) is 18.1 Å². The molecule has 0 saturated carbocycles. The van der Waals surface area contributed by atoms with Gasteiger partial charge in [-0.3, -0.25) is 38.6 Å². The third-order valence-electron chi connectivity index (χ3n) is 13.8. The summed E-state index contributed by atoms with van der Waals surface area (Å²) in [4.78, 5) is 104. The van der Waals surface area contributed by atoms with Gasteiger partial charge >= 0.3 is 13.3 Å². The van der Waals surface area contributed by atoms with E-state index >= 15 is 0 Å². The van der Waals surface area contributed by atoms with Gasteiger partial charge in [0.15, 0.2) is 0 Å². The second-order valence-electron chi connectivity index (χ2n) is 19.8. The molecule has 0 spiro atoms. The minimum atomic E-state index is -5.83. The van der Waals surface area contributed by atoms with Crippen LogP contribution in [0.2, 0.25) is 0 Å². The molecule has 0 radical (unpaired) electrons. The van der Waals surface area contributed by atoms with E-state index in [1.807, 2.05) is 29.2 Å². The molecule has 4 aromatic rings. The molecule has 0 aliphatic carbocycles. The number of rotatable bonds is 14. The first-order chi connectivity index (χ1) is 33.7. The third-order valence-corrected chi connectivity index (χ3v) is 15.9. The first kappa shape index (κ1) is 51.5. The lowest BCUT2D eigenvalue weighted by Crippen LogP contribution is -2.58.